The first kappa shape index (κ1) is 19.0. The minimum Gasteiger partial charge on any atom is -0.493 e. The summed E-state index contributed by atoms with van der Waals surface area (Å²) < 4.78 is 43.4. The van der Waals surface area contributed by atoms with Gasteiger partial charge in [-0.15, -0.1) is 0 Å². The van der Waals surface area contributed by atoms with Crippen LogP contribution in [0.2, 0.25) is 0 Å². The van der Waals surface area contributed by atoms with Crippen molar-refractivity contribution in [2.45, 2.75) is 13.0 Å². The Labute approximate surface area is 166 Å². The number of halogens is 2. The summed E-state index contributed by atoms with van der Waals surface area (Å²) in [4.78, 5) is 14.6. The van der Waals surface area contributed by atoms with Gasteiger partial charge in [-0.3, -0.25) is 4.79 Å². The molecule has 1 aromatic heterocycles. The Morgan fingerprint density at radius 2 is 1.72 bits per heavy atom. The normalized spacial score (nSPS) is 13.2. The number of amides is 1. The van der Waals surface area contributed by atoms with Crippen LogP contribution in [0.4, 0.5) is 8.78 Å². The van der Waals surface area contributed by atoms with Crippen molar-refractivity contribution in [2.24, 2.45) is 0 Å². The van der Waals surface area contributed by atoms with E-state index in [9.17, 15) is 13.6 Å². The second kappa shape index (κ2) is 7.58. The third-order valence-corrected chi connectivity index (χ3v) is 5.02. The maximum atomic E-state index is 14.0. The van der Waals surface area contributed by atoms with Gasteiger partial charge in [0.25, 0.3) is 5.91 Å². The average Bonchev–Trinajstić information content (AvgIpc) is 3.21. The maximum Gasteiger partial charge on any atom is 0.289 e. The van der Waals surface area contributed by atoms with Crippen molar-refractivity contribution in [3.8, 4) is 22.8 Å². The fraction of sp³-hybridized carbons (Fsp3) is 0.227. The molecule has 0 saturated heterocycles. The zero-order valence-electron chi connectivity index (χ0n) is 16.0. The van der Waals surface area contributed by atoms with Crippen LogP contribution in [-0.2, 0) is 13.0 Å². The summed E-state index contributed by atoms with van der Waals surface area (Å²) in [6.07, 6.45) is 0.668. The number of hydrogen-bond acceptors (Lipinski definition) is 4. The summed E-state index contributed by atoms with van der Waals surface area (Å²) in [6, 6.07) is 10.0. The van der Waals surface area contributed by atoms with Gasteiger partial charge >= 0.3 is 0 Å². The maximum absolute atomic E-state index is 14.0. The van der Waals surface area contributed by atoms with Crippen LogP contribution >= 0.6 is 0 Å². The van der Waals surface area contributed by atoms with E-state index >= 15 is 0 Å². The van der Waals surface area contributed by atoms with E-state index in [1.807, 2.05) is 12.1 Å². The van der Waals surface area contributed by atoms with Crippen LogP contribution < -0.4 is 9.47 Å². The van der Waals surface area contributed by atoms with Gasteiger partial charge < -0.3 is 18.8 Å². The molecule has 2 aromatic carbocycles. The molecule has 0 N–H and O–H groups in total. The second-order valence-electron chi connectivity index (χ2n) is 6.74. The fourth-order valence-corrected chi connectivity index (χ4v) is 3.50. The Bertz CT molecular complexity index is 1080. The van der Waals surface area contributed by atoms with Crippen LogP contribution in [0.15, 0.2) is 46.9 Å². The zero-order chi connectivity index (χ0) is 20.5. The standard InChI is InChI=1S/C22H19F2NO4/c1-27-20-9-13-7-8-25(12-14(13)10-21(20)28-2)22(26)19-6-5-18(29-19)16-4-3-15(23)11-17(16)24/h3-6,9-11H,7-8,12H2,1-2H3. The number of fused-ring (bicyclic) bond motifs is 1. The molecule has 1 aliphatic rings. The number of benzene rings is 2. The third kappa shape index (κ3) is 3.55. The molecule has 0 bridgehead atoms. The van der Waals surface area contributed by atoms with E-state index in [1.54, 1.807) is 19.1 Å². The molecule has 1 amide bonds. The molecular formula is C22H19F2NO4. The van der Waals surface area contributed by atoms with E-state index in [4.69, 9.17) is 13.9 Å². The largest absolute Gasteiger partial charge is 0.493 e. The number of carbonyl (C=O) groups excluding carboxylic acids is 1. The molecule has 29 heavy (non-hydrogen) atoms. The Balaban J connectivity index is 1.56. The molecule has 0 aliphatic carbocycles. The van der Waals surface area contributed by atoms with Gasteiger partial charge in [0.05, 0.1) is 19.8 Å². The van der Waals surface area contributed by atoms with Gasteiger partial charge in [-0.05, 0) is 53.9 Å². The number of rotatable bonds is 4. The molecule has 0 fully saturated rings. The van der Waals surface area contributed by atoms with E-state index in [2.05, 4.69) is 0 Å². The zero-order valence-corrected chi connectivity index (χ0v) is 16.0. The monoisotopic (exact) mass is 399 g/mol. The molecule has 0 saturated carbocycles. The van der Waals surface area contributed by atoms with E-state index < -0.39 is 11.6 Å². The van der Waals surface area contributed by atoms with Crippen LogP contribution in [0.1, 0.15) is 21.7 Å². The van der Waals surface area contributed by atoms with Crippen LogP contribution in [0.3, 0.4) is 0 Å². The van der Waals surface area contributed by atoms with Crippen molar-refractivity contribution in [3.63, 3.8) is 0 Å². The molecule has 150 valence electrons. The number of furan rings is 1. The predicted octanol–water partition coefficient (Wildman–Crippen LogP) is 4.44. The van der Waals surface area contributed by atoms with Crippen molar-refractivity contribution in [1.29, 1.82) is 0 Å². The highest BCUT2D eigenvalue weighted by molar-refractivity contribution is 5.92. The van der Waals surface area contributed by atoms with E-state index in [-0.39, 0.29) is 23.0 Å². The quantitative estimate of drug-likeness (QED) is 0.651. The number of ether oxygens (including phenoxy) is 2. The smallest absolute Gasteiger partial charge is 0.289 e. The molecule has 0 atom stereocenters. The first-order valence-corrected chi connectivity index (χ1v) is 9.08. The molecule has 3 aromatic rings. The van der Waals surface area contributed by atoms with E-state index in [0.29, 0.717) is 31.0 Å². The molecule has 0 spiro atoms. The minimum absolute atomic E-state index is 0.103. The molecule has 0 unspecified atom stereocenters. The summed E-state index contributed by atoms with van der Waals surface area (Å²) in [5, 5.41) is 0. The number of carbonyl (C=O) groups is 1. The van der Waals surface area contributed by atoms with Crippen LogP contribution in [-0.4, -0.2) is 31.6 Å². The SMILES string of the molecule is COc1cc2c(cc1OC)CN(C(=O)c1ccc(-c3ccc(F)cc3F)o1)CC2. The Kier molecular flexibility index (Phi) is 4.96. The van der Waals surface area contributed by atoms with Crippen molar-refractivity contribution in [3.05, 3.63) is 71.0 Å². The minimum atomic E-state index is -0.744. The highest BCUT2D eigenvalue weighted by Crippen LogP contribution is 2.34. The Morgan fingerprint density at radius 3 is 2.41 bits per heavy atom. The lowest BCUT2D eigenvalue weighted by molar-refractivity contribution is 0.0703. The number of nitrogens with zero attached hydrogens (tertiary/aromatic N) is 1. The Morgan fingerprint density at radius 1 is 1.00 bits per heavy atom. The fourth-order valence-electron chi connectivity index (χ4n) is 3.50. The molecule has 7 heteroatoms. The second-order valence-corrected chi connectivity index (χ2v) is 6.74. The van der Waals surface area contributed by atoms with Gasteiger partial charge in [-0.25, -0.2) is 8.78 Å². The number of methoxy groups -OCH3 is 2. The molecule has 4 rings (SSSR count). The first-order chi connectivity index (χ1) is 14.0. The molecular weight excluding hydrogens is 380 g/mol. The predicted molar refractivity (Wildman–Crippen MR) is 102 cm³/mol. The summed E-state index contributed by atoms with van der Waals surface area (Å²) in [5.41, 5.74) is 2.17. The van der Waals surface area contributed by atoms with Crippen molar-refractivity contribution in [2.75, 3.05) is 20.8 Å². The van der Waals surface area contributed by atoms with Crippen molar-refractivity contribution < 1.29 is 27.5 Å². The Hall–Kier alpha value is -3.35. The van der Waals surface area contributed by atoms with E-state index in [0.717, 1.165) is 23.3 Å². The number of hydrogen-bond donors (Lipinski definition) is 0. The lowest BCUT2D eigenvalue weighted by Gasteiger charge is -2.29. The first-order valence-electron chi connectivity index (χ1n) is 9.08. The van der Waals surface area contributed by atoms with Crippen LogP contribution in [0.5, 0.6) is 11.5 Å². The van der Waals surface area contributed by atoms with Crippen molar-refractivity contribution >= 4 is 5.91 Å². The third-order valence-electron chi connectivity index (χ3n) is 5.02. The van der Waals surface area contributed by atoms with Gasteiger partial charge in [-0.1, -0.05) is 0 Å². The molecule has 1 aliphatic heterocycles. The van der Waals surface area contributed by atoms with Crippen LogP contribution in [0, 0.1) is 11.6 Å². The van der Waals surface area contributed by atoms with E-state index in [1.165, 1.54) is 18.2 Å². The topological polar surface area (TPSA) is 51.9 Å². The highest BCUT2D eigenvalue weighted by atomic mass is 19.1. The summed E-state index contributed by atoms with van der Waals surface area (Å²) in [5.74, 6) is -0.170. The summed E-state index contributed by atoms with van der Waals surface area (Å²) in [6.45, 7) is 0.914. The summed E-state index contributed by atoms with van der Waals surface area (Å²) in [7, 11) is 3.15. The summed E-state index contributed by atoms with van der Waals surface area (Å²) >= 11 is 0. The average molecular weight is 399 g/mol. The van der Waals surface area contributed by atoms with Gasteiger partial charge in [0, 0.05) is 19.2 Å². The molecule has 2 heterocycles. The van der Waals surface area contributed by atoms with Crippen molar-refractivity contribution in [1.82, 2.24) is 4.90 Å². The highest BCUT2D eigenvalue weighted by Gasteiger charge is 2.26. The van der Waals surface area contributed by atoms with Crippen LogP contribution in [0.25, 0.3) is 11.3 Å². The van der Waals surface area contributed by atoms with Gasteiger partial charge in [-0.2, -0.15) is 0 Å². The van der Waals surface area contributed by atoms with Gasteiger partial charge in [0.2, 0.25) is 0 Å². The van der Waals surface area contributed by atoms with Gasteiger partial charge in [0.15, 0.2) is 17.3 Å². The molecule has 5 nitrogen and oxygen atoms in total. The lowest BCUT2D eigenvalue weighted by Crippen LogP contribution is -2.35. The molecule has 0 radical (unpaired) electrons. The lowest BCUT2D eigenvalue weighted by atomic mass is 9.98. The van der Waals surface area contributed by atoms with Gasteiger partial charge in [0.1, 0.15) is 17.4 Å².